The Morgan fingerprint density at radius 2 is 0.978 bits per heavy atom. The standard InChI is InChI=1S/C44H29NO/c1-2-10-30(11-3-1)34-15-8-16-36(28-34)45(35-23-20-33(21-24-35)39-19-9-14-31-12-4-6-17-38(31)39)37-25-27-42-41(29-37)44-40-18-7-5-13-32(40)22-26-43(44)46-42/h1-29H. The highest BCUT2D eigenvalue weighted by atomic mass is 16.3. The Morgan fingerprint density at radius 1 is 0.348 bits per heavy atom. The largest absolute Gasteiger partial charge is 0.456 e. The van der Waals surface area contributed by atoms with Crippen LogP contribution in [0.1, 0.15) is 0 Å². The van der Waals surface area contributed by atoms with E-state index in [-0.39, 0.29) is 0 Å². The minimum absolute atomic E-state index is 0.888. The van der Waals surface area contributed by atoms with Crippen molar-refractivity contribution < 1.29 is 4.42 Å². The molecule has 0 radical (unpaired) electrons. The summed E-state index contributed by atoms with van der Waals surface area (Å²) >= 11 is 0. The van der Waals surface area contributed by atoms with Crippen LogP contribution in [0.15, 0.2) is 180 Å². The minimum Gasteiger partial charge on any atom is -0.456 e. The first-order chi connectivity index (χ1) is 22.8. The van der Waals surface area contributed by atoms with E-state index in [4.69, 9.17) is 4.42 Å². The molecule has 0 saturated heterocycles. The van der Waals surface area contributed by atoms with E-state index in [1.165, 1.54) is 43.8 Å². The zero-order valence-corrected chi connectivity index (χ0v) is 25.1. The van der Waals surface area contributed by atoms with E-state index < -0.39 is 0 Å². The summed E-state index contributed by atoms with van der Waals surface area (Å²) in [4.78, 5) is 2.35. The molecule has 0 spiro atoms. The molecule has 0 bridgehead atoms. The van der Waals surface area contributed by atoms with Crippen molar-refractivity contribution in [2.45, 2.75) is 0 Å². The monoisotopic (exact) mass is 587 g/mol. The van der Waals surface area contributed by atoms with Gasteiger partial charge in [0.1, 0.15) is 11.2 Å². The molecule has 46 heavy (non-hydrogen) atoms. The Kier molecular flexibility index (Phi) is 6.17. The average molecular weight is 588 g/mol. The Labute approximate surface area is 267 Å². The lowest BCUT2D eigenvalue weighted by atomic mass is 9.98. The predicted molar refractivity (Wildman–Crippen MR) is 194 cm³/mol. The van der Waals surface area contributed by atoms with Gasteiger partial charge in [-0.05, 0) is 92.3 Å². The van der Waals surface area contributed by atoms with Gasteiger partial charge in [0.15, 0.2) is 0 Å². The second-order valence-corrected chi connectivity index (χ2v) is 11.8. The van der Waals surface area contributed by atoms with Gasteiger partial charge in [-0.3, -0.25) is 0 Å². The fourth-order valence-electron chi connectivity index (χ4n) is 6.84. The fraction of sp³-hybridized carbons (Fsp3) is 0. The molecule has 2 nitrogen and oxygen atoms in total. The van der Waals surface area contributed by atoms with Crippen LogP contribution in [0.25, 0.3) is 65.7 Å². The molecule has 0 aliphatic rings. The van der Waals surface area contributed by atoms with E-state index in [0.29, 0.717) is 0 Å². The highest BCUT2D eigenvalue weighted by molar-refractivity contribution is 6.19. The van der Waals surface area contributed by atoms with Crippen molar-refractivity contribution in [3.8, 4) is 22.3 Å². The third kappa shape index (κ3) is 4.43. The van der Waals surface area contributed by atoms with Gasteiger partial charge in [-0.1, -0.05) is 127 Å². The summed E-state index contributed by atoms with van der Waals surface area (Å²) in [6, 6.07) is 62.8. The predicted octanol–water partition coefficient (Wildman–Crippen LogP) is 12.7. The zero-order valence-electron chi connectivity index (χ0n) is 25.1. The summed E-state index contributed by atoms with van der Waals surface area (Å²) in [6.07, 6.45) is 0. The maximum atomic E-state index is 6.36. The molecule has 9 rings (SSSR count). The van der Waals surface area contributed by atoms with E-state index in [1.54, 1.807) is 0 Å². The van der Waals surface area contributed by atoms with Gasteiger partial charge in [0.2, 0.25) is 0 Å². The van der Waals surface area contributed by atoms with Crippen LogP contribution in [-0.2, 0) is 0 Å². The first-order valence-electron chi connectivity index (χ1n) is 15.7. The normalized spacial score (nSPS) is 11.5. The van der Waals surface area contributed by atoms with Gasteiger partial charge in [0, 0.05) is 27.8 Å². The van der Waals surface area contributed by atoms with Crippen LogP contribution in [0.3, 0.4) is 0 Å². The molecule has 0 fully saturated rings. The van der Waals surface area contributed by atoms with E-state index in [0.717, 1.165) is 39.0 Å². The molecule has 0 N–H and O–H groups in total. The summed E-state index contributed by atoms with van der Waals surface area (Å²) in [7, 11) is 0. The first kappa shape index (κ1) is 26.3. The number of benzene rings is 8. The molecule has 0 amide bonds. The van der Waals surface area contributed by atoms with Gasteiger partial charge in [0.25, 0.3) is 0 Å². The number of hydrogen-bond donors (Lipinski definition) is 0. The second kappa shape index (κ2) is 10.8. The van der Waals surface area contributed by atoms with Crippen molar-refractivity contribution in [2.24, 2.45) is 0 Å². The lowest BCUT2D eigenvalue weighted by molar-refractivity contribution is 0.669. The summed E-state index contributed by atoms with van der Waals surface area (Å²) in [5, 5.41) is 7.18. The molecule has 1 aromatic heterocycles. The quantitative estimate of drug-likeness (QED) is 0.199. The van der Waals surface area contributed by atoms with Crippen molar-refractivity contribution in [2.75, 3.05) is 4.90 Å². The van der Waals surface area contributed by atoms with E-state index in [1.807, 2.05) is 0 Å². The first-order valence-corrected chi connectivity index (χ1v) is 15.7. The van der Waals surface area contributed by atoms with Crippen LogP contribution in [0, 0.1) is 0 Å². The van der Waals surface area contributed by atoms with Crippen LogP contribution in [0.2, 0.25) is 0 Å². The van der Waals surface area contributed by atoms with Gasteiger partial charge >= 0.3 is 0 Å². The molecule has 0 saturated carbocycles. The lowest BCUT2D eigenvalue weighted by Gasteiger charge is -2.26. The number of anilines is 3. The molecule has 216 valence electrons. The smallest absolute Gasteiger partial charge is 0.136 e. The van der Waals surface area contributed by atoms with Crippen LogP contribution < -0.4 is 4.90 Å². The highest BCUT2D eigenvalue weighted by Gasteiger charge is 2.18. The molecule has 1 heterocycles. The summed E-state index contributed by atoms with van der Waals surface area (Å²) < 4.78 is 6.36. The summed E-state index contributed by atoms with van der Waals surface area (Å²) in [5.41, 5.74) is 9.85. The van der Waals surface area contributed by atoms with Crippen LogP contribution >= 0.6 is 0 Å². The molecule has 9 aromatic rings. The zero-order chi connectivity index (χ0) is 30.5. The Morgan fingerprint density at radius 3 is 1.83 bits per heavy atom. The Balaban J connectivity index is 1.23. The van der Waals surface area contributed by atoms with Crippen molar-refractivity contribution in [3.05, 3.63) is 176 Å². The Hall–Kier alpha value is -6.12. The van der Waals surface area contributed by atoms with E-state index in [9.17, 15) is 0 Å². The SMILES string of the molecule is c1ccc(-c2cccc(N(c3ccc(-c4cccc5ccccc45)cc3)c3ccc4oc5ccc6ccccc6c5c4c3)c2)cc1. The maximum absolute atomic E-state index is 6.36. The van der Waals surface area contributed by atoms with Crippen molar-refractivity contribution >= 4 is 60.5 Å². The molecule has 2 heteroatoms. The molecular formula is C44H29NO. The van der Waals surface area contributed by atoms with Crippen molar-refractivity contribution in [1.29, 1.82) is 0 Å². The Bertz CT molecular complexity index is 2520. The number of nitrogens with zero attached hydrogens (tertiary/aromatic N) is 1. The van der Waals surface area contributed by atoms with Crippen molar-refractivity contribution in [3.63, 3.8) is 0 Å². The van der Waals surface area contributed by atoms with Crippen LogP contribution in [-0.4, -0.2) is 0 Å². The van der Waals surface area contributed by atoms with Crippen molar-refractivity contribution in [1.82, 2.24) is 0 Å². The molecule has 0 atom stereocenters. The number of rotatable bonds is 5. The molecule has 0 unspecified atom stereocenters. The van der Waals surface area contributed by atoms with Gasteiger partial charge in [-0.25, -0.2) is 0 Å². The third-order valence-corrected chi connectivity index (χ3v) is 9.04. The third-order valence-electron chi connectivity index (χ3n) is 9.04. The maximum Gasteiger partial charge on any atom is 0.136 e. The summed E-state index contributed by atoms with van der Waals surface area (Å²) in [5.74, 6) is 0. The summed E-state index contributed by atoms with van der Waals surface area (Å²) in [6.45, 7) is 0. The molecule has 0 aliphatic carbocycles. The number of hydrogen-bond acceptors (Lipinski definition) is 2. The molecule has 8 aromatic carbocycles. The van der Waals surface area contributed by atoms with E-state index >= 15 is 0 Å². The minimum atomic E-state index is 0.888. The molecule has 0 aliphatic heterocycles. The molecular weight excluding hydrogens is 558 g/mol. The highest BCUT2D eigenvalue weighted by Crippen LogP contribution is 2.42. The fourth-order valence-corrected chi connectivity index (χ4v) is 6.84. The number of furan rings is 1. The lowest BCUT2D eigenvalue weighted by Crippen LogP contribution is -2.10. The number of fused-ring (bicyclic) bond motifs is 6. The van der Waals surface area contributed by atoms with Gasteiger partial charge in [-0.2, -0.15) is 0 Å². The second-order valence-electron chi connectivity index (χ2n) is 11.8. The van der Waals surface area contributed by atoms with Crippen LogP contribution in [0.4, 0.5) is 17.1 Å². The van der Waals surface area contributed by atoms with Gasteiger partial charge in [0.05, 0.1) is 0 Å². The average Bonchev–Trinajstić information content (AvgIpc) is 3.51. The van der Waals surface area contributed by atoms with E-state index in [2.05, 4.69) is 181 Å². The van der Waals surface area contributed by atoms with Crippen LogP contribution in [0.5, 0.6) is 0 Å². The van der Waals surface area contributed by atoms with Gasteiger partial charge < -0.3 is 9.32 Å². The van der Waals surface area contributed by atoms with Gasteiger partial charge in [-0.15, -0.1) is 0 Å². The topological polar surface area (TPSA) is 16.4 Å².